The Morgan fingerprint density at radius 1 is 1.43 bits per heavy atom. The molecule has 1 aromatic carbocycles. The van der Waals surface area contributed by atoms with Crippen molar-refractivity contribution in [3.63, 3.8) is 0 Å². The highest BCUT2D eigenvalue weighted by molar-refractivity contribution is 9.10. The molecule has 0 aliphatic rings. The van der Waals surface area contributed by atoms with Crippen LogP contribution in [-0.4, -0.2) is 4.98 Å². The zero-order valence-corrected chi connectivity index (χ0v) is 9.76. The molecule has 2 nitrogen and oxygen atoms in total. The first kappa shape index (κ1) is 9.74. The topological polar surface area (TPSA) is 26.0 Å². The average molecular weight is 273 g/mol. The van der Waals surface area contributed by atoms with E-state index in [-0.39, 0.29) is 0 Å². The van der Waals surface area contributed by atoms with Crippen LogP contribution in [0.5, 0.6) is 0 Å². The molecule has 0 atom stereocenters. The summed E-state index contributed by atoms with van der Waals surface area (Å²) >= 11 is 9.48. The molecule has 2 rings (SSSR count). The zero-order chi connectivity index (χ0) is 10.1. The summed E-state index contributed by atoms with van der Waals surface area (Å²) in [4.78, 5) is 3.86. The zero-order valence-electron chi connectivity index (χ0n) is 7.42. The van der Waals surface area contributed by atoms with Crippen molar-refractivity contribution in [2.75, 3.05) is 0 Å². The van der Waals surface area contributed by atoms with E-state index in [0.717, 1.165) is 15.6 Å². The maximum absolute atomic E-state index is 6.04. The van der Waals surface area contributed by atoms with Gasteiger partial charge < -0.3 is 4.42 Å². The number of nitrogens with zero attached hydrogens (tertiary/aromatic N) is 1. The Hall–Kier alpha value is -0.800. The number of oxazole rings is 1. The molecule has 1 aromatic heterocycles. The number of halogens is 2. The van der Waals surface area contributed by atoms with Gasteiger partial charge in [0.15, 0.2) is 12.2 Å². The summed E-state index contributed by atoms with van der Waals surface area (Å²) < 4.78 is 6.15. The van der Waals surface area contributed by atoms with Gasteiger partial charge in [-0.3, -0.25) is 0 Å². The van der Waals surface area contributed by atoms with Gasteiger partial charge in [0.05, 0.1) is 6.20 Å². The van der Waals surface area contributed by atoms with Crippen molar-refractivity contribution in [1.82, 2.24) is 4.98 Å². The Morgan fingerprint density at radius 3 is 2.79 bits per heavy atom. The molecule has 0 amide bonds. The quantitative estimate of drug-likeness (QED) is 0.782. The van der Waals surface area contributed by atoms with Crippen molar-refractivity contribution in [2.45, 2.75) is 6.92 Å². The van der Waals surface area contributed by atoms with E-state index in [1.807, 2.05) is 19.1 Å². The molecule has 0 saturated carbocycles. The second-order valence-electron chi connectivity index (χ2n) is 2.93. The summed E-state index contributed by atoms with van der Waals surface area (Å²) in [7, 11) is 0. The fraction of sp³-hybridized carbons (Fsp3) is 0.100. The largest absolute Gasteiger partial charge is 0.444 e. The molecule has 0 unspecified atom stereocenters. The van der Waals surface area contributed by atoms with Gasteiger partial charge in [-0.25, -0.2) is 4.98 Å². The molecule has 0 aliphatic carbocycles. The van der Waals surface area contributed by atoms with Gasteiger partial charge in [0.25, 0.3) is 0 Å². The maximum atomic E-state index is 6.04. The molecule has 0 N–H and O–H groups in total. The number of benzene rings is 1. The Kier molecular flexibility index (Phi) is 2.61. The van der Waals surface area contributed by atoms with Crippen molar-refractivity contribution < 1.29 is 4.42 Å². The smallest absolute Gasteiger partial charge is 0.181 e. The van der Waals surface area contributed by atoms with Crippen molar-refractivity contribution in [3.05, 3.63) is 39.8 Å². The van der Waals surface area contributed by atoms with Crippen LogP contribution in [0.3, 0.4) is 0 Å². The van der Waals surface area contributed by atoms with E-state index in [4.69, 9.17) is 16.0 Å². The lowest BCUT2D eigenvalue weighted by Crippen LogP contribution is -1.81. The van der Waals surface area contributed by atoms with E-state index >= 15 is 0 Å². The molecule has 0 fully saturated rings. The predicted molar refractivity (Wildman–Crippen MR) is 59.4 cm³/mol. The molecule has 1 heterocycles. The van der Waals surface area contributed by atoms with Crippen molar-refractivity contribution in [3.8, 4) is 11.3 Å². The number of hydrogen-bond donors (Lipinski definition) is 0. The minimum Gasteiger partial charge on any atom is -0.444 e. The van der Waals surface area contributed by atoms with Gasteiger partial charge >= 0.3 is 0 Å². The molecule has 0 spiro atoms. The molecular weight excluding hydrogens is 265 g/mol. The van der Waals surface area contributed by atoms with Crippen molar-refractivity contribution >= 4 is 27.5 Å². The highest BCUT2D eigenvalue weighted by Crippen LogP contribution is 2.30. The number of rotatable bonds is 1. The average Bonchev–Trinajstić information content (AvgIpc) is 2.66. The van der Waals surface area contributed by atoms with Crippen LogP contribution in [0.1, 0.15) is 5.56 Å². The van der Waals surface area contributed by atoms with Gasteiger partial charge in [-0.15, -0.1) is 0 Å². The summed E-state index contributed by atoms with van der Waals surface area (Å²) in [5.41, 5.74) is 1.94. The van der Waals surface area contributed by atoms with Crippen LogP contribution < -0.4 is 0 Å². The molecule has 14 heavy (non-hydrogen) atoms. The van der Waals surface area contributed by atoms with Gasteiger partial charge in [0.1, 0.15) is 0 Å². The second-order valence-corrected chi connectivity index (χ2v) is 4.19. The fourth-order valence-corrected chi connectivity index (χ4v) is 1.94. The van der Waals surface area contributed by atoms with Crippen LogP contribution in [0.25, 0.3) is 11.3 Å². The second kappa shape index (κ2) is 3.75. The molecule has 0 bridgehead atoms. The standard InChI is InChI=1S/C10H7BrClNO/c1-6-8(11)2-7(3-9(6)12)10-4-13-5-14-10/h2-5H,1H3. The summed E-state index contributed by atoms with van der Waals surface area (Å²) in [5.74, 6) is 0.715. The third kappa shape index (κ3) is 1.70. The normalized spacial score (nSPS) is 10.5. The lowest BCUT2D eigenvalue weighted by molar-refractivity contribution is 0.572. The third-order valence-corrected chi connectivity index (χ3v) is 3.21. The first-order valence-electron chi connectivity index (χ1n) is 4.03. The van der Waals surface area contributed by atoms with Crippen LogP contribution in [0.2, 0.25) is 5.02 Å². The van der Waals surface area contributed by atoms with Crippen molar-refractivity contribution in [1.29, 1.82) is 0 Å². The summed E-state index contributed by atoms with van der Waals surface area (Å²) in [6, 6.07) is 3.82. The summed E-state index contributed by atoms with van der Waals surface area (Å²) in [5, 5.41) is 0.714. The van der Waals surface area contributed by atoms with Gasteiger partial charge in [0.2, 0.25) is 0 Å². The SMILES string of the molecule is Cc1c(Cl)cc(-c2cnco2)cc1Br. The van der Waals surface area contributed by atoms with Crippen LogP contribution in [-0.2, 0) is 0 Å². The molecule has 4 heteroatoms. The summed E-state index contributed by atoms with van der Waals surface area (Å²) in [6.07, 6.45) is 3.06. The van der Waals surface area contributed by atoms with E-state index in [1.54, 1.807) is 6.20 Å². The molecule has 0 aliphatic heterocycles. The third-order valence-electron chi connectivity index (χ3n) is 2.00. The summed E-state index contributed by atoms with van der Waals surface area (Å²) in [6.45, 7) is 1.95. The van der Waals surface area contributed by atoms with E-state index in [1.165, 1.54) is 6.39 Å². The first-order valence-corrected chi connectivity index (χ1v) is 5.20. The fourth-order valence-electron chi connectivity index (χ4n) is 1.15. The van der Waals surface area contributed by atoms with E-state index in [9.17, 15) is 0 Å². The Morgan fingerprint density at radius 2 is 2.21 bits per heavy atom. The molecular formula is C10H7BrClNO. The highest BCUT2D eigenvalue weighted by atomic mass is 79.9. The van der Waals surface area contributed by atoms with E-state index < -0.39 is 0 Å². The van der Waals surface area contributed by atoms with Crippen LogP contribution in [0.4, 0.5) is 0 Å². The molecule has 2 aromatic rings. The van der Waals surface area contributed by atoms with E-state index in [2.05, 4.69) is 20.9 Å². The van der Waals surface area contributed by atoms with Gasteiger partial charge in [-0.2, -0.15) is 0 Å². The predicted octanol–water partition coefficient (Wildman–Crippen LogP) is 4.07. The number of hydrogen-bond acceptors (Lipinski definition) is 2. The van der Waals surface area contributed by atoms with Crippen LogP contribution in [0, 0.1) is 6.92 Å². The Balaban J connectivity index is 2.57. The number of aromatic nitrogens is 1. The lowest BCUT2D eigenvalue weighted by Gasteiger charge is -2.03. The van der Waals surface area contributed by atoms with Gasteiger partial charge in [0, 0.05) is 15.1 Å². The monoisotopic (exact) mass is 271 g/mol. The first-order chi connectivity index (χ1) is 6.68. The Bertz CT molecular complexity index is 430. The maximum Gasteiger partial charge on any atom is 0.181 e. The minimum absolute atomic E-state index is 0.714. The highest BCUT2D eigenvalue weighted by Gasteiger charge is 2.07. The van der Waals surface area contributed by atoms with Crippen LogP contribution >= 0.6 is 27.5 Å². The molecule has 0 radical (unpaired) electrons. The lowest BCUT2D eigenvalue weighted by atomic mass is 10.1. The van der Waals surface area contributed by atoms with Crippen molar-refractivity contribution in [2.24, 2.45) is 0 Å². The Labute approximate surface area is 95.0 Å². The molecule has 0 saturated heterocycles. The molecule has 72 valence electrons. The van der Waals surface area contributed by atoms with Gasteiger partial charge in [-0.1, -0.05) is 27.5 Å². The van der Waals surface area contributed by atoms with Gasteiger partial charge in [-0.05, 0) is 24.6 Å². The van der Waals surface area contributed by atoms with Crippen LogP contribution in [0.15, 0.2) is 33.6 Å². The van der Waals surface area contributed by atoms with E-state index in [0.29, 0.717) is 10.8 Å². The minimum atomic E-state index is 0.714.